The lowest BCUT2D eigenvalue weighted by atomic mass is 10.0. The van der Waals surface area contributed by atoms with Gasteiger partial charge in [-0.1, -0.05) is 35.9 Å². The lowest BCUT2D eigenvalue weighted by molar-refractivity contribution is 0.341. The van der Waals surface area contributed by atoms with Crippen molar-refractivity contribution >= 4 is 10.9 Å². The molecule has 0 aliphatic heterocycles. The van der Waals surface area contributed by atoms with E-state index >= 15 is 0 Å². The van der Waals surface area contributed by atoms with Crippen LogP contribution in [0.2, 0.25) is 0 Å². The highest BCUT2D eigenvalue weighted by Crippen LogP contribution is 2.33. The van der Waals surface area contributed by atoms with Crippen molar-refractivity contribution in [2.45, 2.75) is 20.8 Å². The predicted octanol–water partition coefficient (Wildman–Crippen LogP) is 5.37. The van der Waals surface area contributed by atoms with Gasteiger partial charge in [0.15, 0.2) is 5.82 Å². The Morgan fingerprint density at radius 1 is 0.926 bits per heavy atom. The van der Waals surface area contributed by atoms with Crippen molar-refractivity contribution in [2.24, 2.45) is 0 Å². The minimum Gasteiger partial charge on any atom is -0.493 e. The van der Waals surface area contributed by atoms with E-state index in [1.807, 2.05) is 49.5 Å². The van der Waals surface area contributed by atoms with E-state index in [4.69, 9.17) is 9.72 Å². The van der Waals surface area contributed by atoms with Gasteiger partial charge in [0.05, 0.1) is 17.8 Å². The zero-order valence-corrected chi connectivity index (χ0v) is 15.7. The summed E-state index contributed by atoms with van der Waals surface area (Å²) in [4.78, 5) is 14.1. The molecule has 0 aliphatic carbocycles. The number of benzene rings is 2. The predicted molar refractivity (Wildman–Crippen MR) is 109 cm³/mol. The fourth-order valence-corrected chi connectivity index (χ4v) is 3.13. The van der Waals surface area contributed by atoms with Gasteiger partial charge in [-0.15, -0.1) is 0 Å². The van der Waals surface area contributed by atoms with Gasteiger partial charge in [-0.25, -0.2) is 15.0 Å². The maximum Gasteiger partial charge on any atom is 0.178 e. The van der Waals surface area contributed by atoms with Crippen LogP contribution in [-0.2, 0) is 0 Å². The summed E-state index contributed by atoms with van der Waals surface area (Å²) in [7, 11) is 0. The van der Waals surface area contributed by atoms with Gasteiger partial charge in [0.2, 0.25) is 0 Å². The molecule has 2 heterocycles. The molecule has 0 N–H and O–H groups in total. The number of rotatable bonds is 4. The fourth-order valence-electron chi connectivity index (χ4n) is 3.13. The third-order valence-corrected chi connectivity index (χ3v) is 4.51. The highest BCUT2D eigenvalue weighted by atomic mass is 16.5. The van der Waals surface area contributed by atoms with Gasteiger partial charge >= 0.3 is 0 Å². The van der Waals surface area contributed by atoms with Crippen molar-refractivity contribution in [3.05, 3.63) is 71.9 Å². The first-order chi connectivity index (χ1) is 13.2. The largest absolute Gasteiger partial charge is 0.493 e. The van der Waals surface area contributed by atoms with Crippen LogP contribution < -0.4 is 4.74 Å². The first kappa shape index (κ1) is 17.2. The van der Waals surface area contributed by atoms with E-state index in [9.17, 15) is 0 Å². The number of ether oxygens (including phenoxy) is 1. The fraction of sp³-hybridized carbons (Fsp3) is 0.174. The lowest BCUT2D eigenvalue weighted by Crippen LogP contribution is -1.99. The molecule has 0 saturated heterocycles. The Kier molecular flexibility index (Phi) is 4.55. The molecule has 27 heavy (non-hydrogen) atoms. The average molecular weight is 355 g/mol. The highest BCUT2D eigenvalue weighted by molar-refractivity contribution is 5.79. The number of aromatic nitrogens is 3. The van der Waals surface area contributed by atoms with E-state index < -0.39 is 0 Å². The lowest BCUT2D eigenvalue weighted by Gasteiger charge is -2.13. The van der Waals surface area contributed by atoms with Crippen LogP contribution in [0.25, 0.3) is 33.7 Å². The molecule has 4 heteroatoms. The number of aryl methyl sites for hydroxylation is 2. The van der Waals surface area contributed by atoms with E-state index in [0.29, 0.717) is 12.4 Å². The minimum absolute atomic E-state index is 0.614. The molecule has 0 bridgehead atoms. The number of fused-ring (bicyclic) bond motifs is 1. The molecule has 0 aliphatic rings. The quantitative estimate of drug-likeness (QED) is 0.493. The molecule has 134 valence electrons. The molecule has 4 nitrogen and oxygen atoms in total. The third kappa shape index (κ3) is 3.38. The molecule has 2 aromatic heterocycles. The molecule has 0 spiro atoms. The van der Waals surface area contributed by atoms with Crippen LogP contribution in [0, 0.1) is 13.8 Å². The van der Waals surface area contributed by atoms with Crippen LogP contribution in [0.4, 0.5) is 0 Å². The topological polar surface area (TPSA) is 47.9 Å². The van der Waals surface area contributed by atoms with Crippen LogP contribution in [0.15, 0.2) is 60.8 Å². The Bertz CT molecular complexity index is 1120. The second kappa shape index (κ2) is 7.16. The van der Waals surface area contributed by atoms with E-state index in [2.05, 4.69) is 42.0 Å². The van der Waals surface area contributed by atoms with Crippen LogP contribution in [-0.4, -0.2) is 21.6 Å². The molecule has 2 aromatic carbocycles. The van der Waals surface area contributed by atoms with Gasteiger partial charge < -0.3 is 4.74 Å². The molecular weight excluding hydrogens is 334 g/mol. The Hall–Kier alpha value is -3.27. The van der Waals surface area contributed by atoms with Gasteiger partial charge in [0.25, 0.3) is 0 Å². The molecule has 0 unspecified atom stereocenters. The van der Waals surface area contributed by atoms with Crippen LogP contribution >= 0.6 is 0 Å². The minimum atomic E-state index is 0.614. The second-order valence-electron chi connectivity index (χ2n) is 6.55. The van der Waals surface area contributed by atoms with Crippen molar-refractivity contribution in [3.8, 4) is 28.5 Å². The smallest absolute Gasteiger partial charge is 0.178 e. The van der Waals surface area contributed by atoms with Gasteiger partial charge in [0.1, 0.15) is 11.4 Å². The number of para-hydroxylation sites is 1. The normalized spacial score (nSPS) is 10.9. The van der Waals surface area contributed by atoms with E-state index in [1.54, 1.807) is 0 Å². The molecular formula is C23H21N3O. The molecule has 4 aromatic rings. The number of nitrogens with zero attached hydrogens (tertiary/aromatic N) is 3. The van der Waals surface area contributed by atoms with Crippen LogP contribution in [0.3, 0.4) is 0 Å². The summed E-state index contributed by atoms with van der Waals surface area (Å²) in [5, 5.41) is 1.02. The molecule has 0 saturated carbocycles. The van der Waals surface area contributed by atoms with Crippen molar-refractivity contribution < 1.29 is 4.74 Å². The van der Waals surface area contributed by atoms with Crippen molar-refractivity contribution in [1.82, 2.24) is 15.0 Å². The average Bonchev–Trinajstić information content (AvgIpc) is 2.69. The van der Waals surface area contributed by atoms with E-state index in [1.165, 1.54) is 5.56 Å². The van der Waals surface area contributed by atoms with Crippen molar-refractivity contribution in [1.29, 1.82) is 0 Å². The second-order valence-corrected chi connectivity index (χ2v) is 6.55. The van der Waals surface area contributed by atoms with Gasteiger partial charge in [-0.3, -0.25) is 0 Å². The zero-order valence-electron chi connectivity index (χ0n) is 15.7. The molecule has 0 amide bonds. The summed E-state index contributed by atoms with van der Waals surface area (Å²) in [6, 6.07) is 18.2. The van der Waals surface area contributed by atoms with Crippen LogP contribution in [0.5, 0.6) is 5.75 Å². The van der Waals surface area contributed by atoms with Crippen LogP contribution in [0.1, 0.15) is 18.1 Å². The number of hydrogen-bond acceptors (Lipinski definition) is 4. The molecule has 0 fully saturated rings. The van der Waals surface area contributed by atoms with Crippen molar-refractivity contribution in [3.63, 3.8) is 0 Å². The standard InChI is InChI=1S/C23H21N3O/c1-4-27-21-12-9-15(2)13-18(21)22-16(3)10-11-20(25-22)23-24-14-17-7-5-6-8-19(17)26-23/h5-14H,4H2,1-3H3. The monoisotopic (exact) mass is 355 g/mol. The molecule has 0 radical (unpaired) electrons. The zero-order chi connectivity index (χ0) is 18.8. The third-order valence-electron chi connectivity index (χ3n) is 4.51. The maximum atomic E-state index is 5.83. The number of hydrogen-bond donors (Lipinski definition) is 0. The maximum absolute atomic E-state index is 5.83. The molecule has 4 rings (SSSR count). The SMILES string of the molecule is CCOc1ccc(C)cc1-c1nc(-c2ncc3ccccc3n2)ccc1C. The van der Waals surface area contributed by atoms with Gasteiger partial charge in [0, 0.05) is 17.1 Å². The summed E-state index contributed by atoms with van der Waals surface area (Å²) in [6.07, 6.45) is 1.84. The summed E-state index contributed by atoms with van der Waals surface area (Å²) in [5.41, 5.74) is 5.82. The first-order valence-electron chi connectivity index (χ1n) is 9.09. The first-order valence-corrected chi connectivity index (χ1v) is 9.09. The van der Waals surface area contributed by atoms with Gasteiger partial charge in [-0.05, 0) is 50.6 Å². The molecule has 0 atom stereocenters. The summed E-state index contributed by atoms with van der Waals surface area (Å²) in [5.74, 6) is 1.47. The van der Waals surface area contributed by atoms with E-state index in [-0.39, 0.29) is 0 Å². The Labute approximate surface area is 158 Å². The Morgan fingerprint density at radius 3 is 2.63 bits per heavy atom. The summed E-state index contributed by atoms with van der Waals surface area (Å²) >= 11 is 0. The van der Waals surface area contributed by atoms with E-state index in [0.717, 1.165) is 39.2 Å². The summed E-state index contributed by atoms with van der Waals surface area (Å²) in [6.45, 7) is 6.74. The highest BCUT2D eigenvalue weighted by Gasteiger charge is 2.14. The Morgan fingerprint density at radius 2 is 1.78 bits per heavy atom. The van der Waals surface area contributed by atoms with Crippen molar-refractivity contribution in [2.75, 3.05) is 6.61 Å². The van der Waals surface area contributed by atoms with Gasteiger partial charge in [-0.2, -0.15) is 0 Å². The number of pyridine rings is 1. The Balaban J connectivity index is 1.85. The summed E-state index contributed by atoms with van der Waals surface area (Å²) < 4.78 is 5.83.